The maximum absolute atomic E-state index is 12.8. The summed E-state index contributed by atoms with van der Waals surface area (Å²) in [5, 5.41) is 10.8. The predicted octanol–water partition coefficient (Wildman–Crippen LogP) is 1.88. The summed E-state index contributed by atoms with van der Waals surface area (Å²) in [6, 6.07) is 8.67. The second-order valence-corrected chi connectivity index (χ2v) is 8.84. The first-order valence-corrected chi connectivity index (χ1v) is 10.5. The average molecular weight is 372 g/mol. The van der Waals surface area contributed by atoms with Crippen LogP contribution in [0, 0.1) is 12.8 Å². The second-order valence-electron chi connectivity index (χ2n) is 8.84. The first kappa shape index (κ1) is 18.9. The molecule has 2 aliphatic heterocycles. The van der Waals surface area contributed by atoms with E-state index in [0.29, 0.717) is 19.0 Å². The van der Waals surface area contributed by atoms with E-state index < -0.39 is 5.60 Å². The standard InChI is InChI=1S/C22H33N3O2/c1-18-4-2-5-19(14-18)15-23-10-12-25(13-11-23)21(26)16-24-9-3-8-22(27,17-24)20-6-7-20/h2,4-5,14,20,27H,3,6-13,15-17H2,1H3. The maximum Gasteiger partial charge on any atom is 0.236 e. The summed E-state index contributed by atoms with van der Waals surface area (Å²) in [4.78, 5) is 19.4. The van der Waals surface area contributed by atoms with Crippen LogP contribution in [0.25, 0.3) is 0 Å². The van der Waals surface area contributed by atoms with Crippen LogP contribution in [0.3, 0.4) is 0 Å². The molecule has 2 heterocycles. The molecule has 0 aromatic heterocycles. The summed E-state index contributed by atoms with van der Waals surface area (Å²) >= 11 is 0. The summed E-state index contributed by atoms with van der Waals surface area (Å²) in [6.07, 6.45) is 4.22. The van der Waals surface area contributed by atoms with Crippen molar-refractivity contribution in [1.29, 1.82) is 0 Å². The van der Waals surface area contributed by atoms with E-state index in [1.165, 1.54) is 11.1 Å². The molecule has 0 radical (unpaired) electrons. The zero-order valence-corrected chi connectivity index (χ0v) is 16.6. The number of piperazine rings is 1. The van der Waals surface area contributed by atoms with E-state index >= 15 is 0 Å². The third-order valence-corrected chi connectivity index (χ3v) is 6.49. The Labute approximate surface area is 162 Å². The van der Waals surface area contributed by atoms with Gasteiger partial charge in [-0.3, -0.25) is 14.6 Å². The summed E-state index contributed by atoms with van der Waals surface area (Å²) in [5.41, 5.74) is 2.11. The normalized spacial score (nSPS) is 27.7. The lowest BCUT2D eigenvalue weighted by Gasteiger charge is -2.41. The SMILES string of the molecule is Cc1cccc(CN2CCN(C(=O)CN3CCCC(O)(C4CC4)C3)CC2)c1. The van der Waals surface area contributed by atoms with Gasteiger partial charge in [-0.15, -0.1) is 0 Å². The minimum absolute atomic E-state index is 0.227. The molecule has 4 rings (SSSR count). The van der Waals surface area contributed by atoms with Crippen LogP contribution in [0.5, 0.6) is 0 Å². The molecular weight excluding hydrogens is 338 g/mol. The van der Waals surface area contributed by atoms with Crippen molar-refractivity contribution < 1.29 is 9.90 Å². The molecule has 27 heavy (non-hydrogen) atoms. The van der Waals surface area contributed by atoms with Gasteiger partial charge < -0.3 is 10.0 Å². The summed E-state index contributed by atoms with van der Waals surface area (Å²) in [5.74, 6) is 0.700. The van der Waals surface area contributed by atoms with Crippen LogP contribution < -0.4 is 0 Å². The van der Waals surface area contributed by atoms with Crippen molar-refractivity contribution in [3.63, 3.8) is 0 Å². The Hall–Kier alpha value is -1.43. The topological polar surface area (TPSA) is 47.0 Å². The van der Waals surface area contributed by atoms with Crippen LogP contribution in [0.15, 0.2) is 24.3 Å². The first-order chi connectivity index (χ1) is 13.0. The molecule has 3 aliphatic rings. The number of nitrogens with zero attached hydrogens (tertiary/aromatic N) is 3. The minimum atomic E-state index is -0.537. The Bertz CT molecular complexity index is 667. The Morgan fingerprint density at radius 2 is 1.93 bits per heavy atom. The van der Waals surface area contributed by atoms with Gasteiger partial charge in [0.2, 0.25) is 5.91 Å². The molecule has 1 amide bonds. The summed E-state index contributed by atoms with van der Waals surface area (Å²) in [7, 11) is 0. The van der Waals surface area contributed by atoms with Crippen molar-refractivity contribution in [1.82, 2.24) is 14.7 Å². The number of piperidine rings is 1. The maximum atomic E-state index is 12.8. The highest BCUT2D eigenvalue weighted by molar-refractivity contribution is 5.78. The number of β-amino-alcohol motifs (C(OH)–C–C–N with tert-alkyl or cyclic N) is 1. The third kappa shape index (κ3) is 4.71. The lowest BCUT2D eigenvalue weighted by Crippen LogP contribution is -2.54. The van der Waals surface area contributed by atoms with Gasteiger partial charge in [-0.1, -0.05) is 29.8 Å². The zero-order chi connectivity index (χ0) is 18.9. The second kappa shape index (κ2) is 7.90. The largest absolute Gasteiger partial charge is 0.388 e. The first-order valence-electron chi connectivity index (χ1n) is 10.5. The monoisotopic (exact) mass is 371 g/mol. The zero-order valence-electron chi connectivity index (χ0n) is 16.6. The number of aryl methyl sites for hydroxylation is 1. The fourth-order valence-corrected chi connectivity index (χ4v) is 4.76. The van der Waals surface area contributed by atoms with E-state index in [1.54, 1.807) is 0 Å². The van der Waals surface area contributed by atoms with Crippen LogP contribution in [0.4, 0.5) is 0 Å². The van der Waals surface area contributed by atoms with Crippen molar-refractivity contribution in [2.75, 3.05) is 45.8 Å². The molecular formula is C22H33N3O2. The highest BCUT2D eigenvalue weighted by Gasteiger charge is 2.46. The van der Waals surface area contributed by atoms with Crippen molar-refractivity contribution in [2.45, 2.75) is 44.8 Å². The third-order valence-electron chi connectivity index (χ3n) is 6.49. The Kier molecular flexibility index (Phi) is 5.53. The van der Waals surface area contributed by atoms with Crippen LogP contribution in [-0.4, -0.2) is 77.1 Å². The molecule has 1 N–H and O–H groups in total. The van der Waals surface area contributed by atoms with Gasteiger partial charge in [0.25, 0.3) is 0 Å². The van der Waals surface area contributed by atoms with E-state index in [0.717, 1.165) is 65.0 Å². The molecule has 1 aromatic rings. The number of carbonyl (C=O) groups is 1. The van der Waals surface area contributed by atoms with Crippen molar-refractivity contribution in [2.24, 2.45) is 5.92 Å². The van der Waals surface area contributed by atoms with Gasteiger partial charge in [0.1, 0.15) is 0 Å². The lowest BCUT2D eigenvalue weighted by atomic mass is 9.88. The van der Waals surface area contributed by atoms with Gasteiger partial charge >= 0.3 is 0 Å². The number of hydrogen-bond acceptors (Lipinski definition) is 4. The fraction of sp³-hybridized carbons (Fsp3) is 0.682. The van der Waals surface area contributed by atoms with E-state index in [4.69, 9.17) is 0 Å². The lowest BCUT2D eigenvalue weighted by molar-refractivity contribution is -0.136. The molecule has 1 saturated carbocycles. The molecule has 1 unspecified atom stereocenters. The Morgan fingerprint density at radius 3 is 2.63 bits per heavy atom. The molecule has 0 bridgehead atoms. The fourth-order valence-electron chi connectivity index (χ4n) is 4.76. The molecule has 148 valence electrons. The average Bonchev–Trinajstić information content (AvgIpc) is 3.48. The quantitative estimate of drug-likeness (QED) is 0.859. The van der Waals surface area contributed by atoms with E-state index in [-0.39, 0.29) is 5.91 Å². The van der Waals surface area contributed by atoms with Crippen LogP contribution >= 0.6 is 0 Å². The summed E-state index contributed by atoms with van der Waals surface area (Å²) < 4.78 is 0. The number of likely N-dealkylation sites (tertiary alicyclic amines) is 1. The Morgan fingerprint density at radius 1 is 1.15 bits per heavy atom. The van der Waals surface area contributed by atoms with Crippen molar-refractivity contribution in [3.05, 3.63) is 35.4 Å². The highest BCUT2D eigenvalue weighted by Crippen LogP contribution is 2.44. The molecule has 5 heteroatoms. The van der Waals surface area contributed by atoms with Gasteiger partial charge in [-0.25, -0.2) is 0 Å². The van der Waals surface area contributed by atoms with E-state index in [2.05, 4.69) is 41.0 Å². The molecule has 1 aliphatic carbocycles. The molecule has 3 fully saturated rings. The van der Waals surface area contributed by atoms with Crippen molar-refractivity contribution in [3.8, 4) is 0 Å². The highest BCUT2D eigenvalue weighted by atomic mass is 16.3. The number of benzene rings is 1. The number of aliphatic hydroxyl groups is 1. The molecule has 0 spiro atoms. The summed E-state index contributed by atoms with van der Waals surface area (Å²) in [6.45, 7) is 8.67. The number of carbonyl (C=O) groups excluding carboxylic acids is 1. The van der Waals surface area contributed by atoms with E-state index in [1.807, 2.05) is 4.90 Å². The van der Waals surface area contributed by atoms with Crippen molar-refractivity contribution >= 4 is 5.91 Å². The van der Waals surface area contributed by atoms with Gasteiger partial charge in [-0.2, -0.15) is 0 Å². The number of hydrogen-bond donors (Lipinski definition) is 1. The van der Waals surface area contributed by atoms with Gasteiger partial charge in [0.15, 0.2) is 0 Å². The van der Waals surface area contributed by atoms with E-state index in [9.17, 15) is 9.90 Å². The number of amides is 1. The molecule has 1 atom stereocenters. The molecule has 5 nitrogen and oxygen atoms in total. The van der Waals surface area contributed by atoms with Gasteiger partial charge in [0, 0.05) is 39.3 Å². The Balaban J connectivity index is 1.24. The van der Waals surface area contributed by atoms with Gasteiger partial charge in [0.05, 0.1) is 12.1 Å². The smallest absolute Gasteiger partial charge is 0.236 e. The molecule has 1 aromatic carbocycles. The van der Waals surface area contributed by atoms with Gasteiger partial charge in [-0.05, 0) is 50.6 Å². The molecule has 2 saturated heterocycles. The number of rotatable bonds is 5. The minimum Gasteiger partial charge on any atom is -0.388 e. The predicted molar refractivity (Wildman–Crippen MR) is 106 cm³/mol. The van der Waals surface area contributed by atoms with Crippen LogP contribution in [-0.2, 0) is 11.3 Å². The van der Waals surface area contributed by atoms with Crippen LogP contribution in [0.1, 0.15) is 36.8 Å². The van der Waals surface area contributed by atoms with Crippen LogP contribution in [0.2, 0.25) is 0 Å².